The summed E-state index contributed by atoms with van der Waals surface area (Å²) >= 11 is 1.63. The zero-order chi connectivity index (χ0) is 17.9. The molecule has 1 aromatic carbocycles. The van der Waals surface area contributed by atoms with Gasteiger partial charge in [0.25, 0.3) is 0 Å². The molecule has 0 bridgehead atoms. The first kappa shape index (κ1) is 19.4. The molecule has 3 N–H and O–H groups in total. The number of aliphatic hydroxyl groups is 1. The van der Waals surface area contributed by atoms with E-state index in [0.717, 1.165) is 16.8 Å². The summed E-state index contributed by atoms with van der Waals surface area (Å²) in [4.78, 5) is 5.44. The van der Waals surface area contributed by atoms with Crippen LogP contribution in [-0.4, -0.2) is 49.7 Å². The minimum atomic E-state index is 0.0258. The molecule has 0 radical (unpaired) electrons. The average Bonchev–Trinajstić information content (AvgIpc) is 3.06. The smallest absolute Gasteiger partial charge is 0.111 e. The predicted molar refractivity (Wildman–Crippen MR) is 99.1 cm³/mol. The predicted octanol–water partition coefficient (Wildman–Crippen LogP) is 2.42. The number of aliphatic hydroxyl groups excluding tert-OH is 1. The Hall–Kier alpha value is -1.93. The van der Waals surface area contributed by atoms with Crippen LogP contribution in [0.3, 0.4) is 0 Å². The molecule has 0 saturated heterocycles. The summed E-state index contributed by atoms with van der Waals surface area (Å²) < 4.78 is 15.8. The SMILES string of the molecule is Cc1ncsc1-c1ccc(/C(N)=C/OCCOCCOCCO)cc1. The van der Waals surface area contributed by atoms with Crippen molar-refractivity contribution in [1.82, 2.24) is 4.98 Å². The Balaban J connectivity index is 1.72. The van der Waals surface area contributed by atoms with Gasteiger partial charge < -0.3 is 25.1 Å². The molecule has 0 amide bonds. The van der Waals surface area contributed by atoms with Crippen molar-refractivity contribution in [2.45, 2.75) is 6.92 Å². The van der Waals surface area contributed by atoms with E-state index in [4.69, 9.17) is 25.1 Å². The van der Waals surface area contributed by atoms with Crippen LogP contribution >= 0.6 is 11.3 Å². The van der Waals surface area contributed by atoms with Gasteiger partial charge >= 0.3 is 0 Å². The largest absolute Gasteiger partial charge is 0.497 e. The fourth-order valence-electron chi connectivity index (χ4n) is 2.10. The normalized spacial score (nSPS) is 11.7. The lowest BCUT2D eigenvalue weighted by Gasteiger charge is -2.07. The summed E-state index contributed by atoms with van der Waals surface area (Å²) in [6.07, 6.45) is 1.54. The molecule has 0 fully saturated rings. The van der Waals surface area contributed by atoms with Gasteiger partial charge in [-0.2, -0.15) is 0 Å². The Bertz CT molecular complexity index is 655. The summed E-state index contributed by atoms with van der Waals surface area (Å²) in [5.41, 5.74) is 11.5. The third-order valence-corrected chi connectivity index (χ3v) is 4.37. The first-order valence-electron chi connectivity index (χ1n) is 8.07. The summed E-state index contributed by atoms with van der Waals surface area (Å²) in [6, 6.07) is 8.01. The molecule has 0 saturated carbocycles. The maximum atomic E-state index is 8.55. The average molecular weight is 364 g/mol. The molecule has 0 aliphatic heterocycles. The van der Waals surface area contributed by atoms with Crippen molar-refractivity contribution >= 4 is 17.0 Å². The van der Waals surface area contributed by atoms with E-state index in [1.807, 2.05) is 36.7 Å². The van der Waals surface area contributed by atoms with Gasteiger partial charge in [-0.05, 0) is 12.5 Å². The van der Waals surface area contributed by atoms with E-state index >= 15 is 0 Å². The molecule has 136 valence electrons. The number of benzene rings is 1. The lowest BCUT2D eigenvalue weighted by molar-refractivity contribution is 0.0204. The molecule has 2 aromatic rings. The molecule has 7 heteroatoms. The monoisotopic (exact) mass is 364 g/mol. The van der Waals surface area contributed by atoms with Gasteiger partial charge in [0, 0.05) is 5.56 Å². The second-order valence-electron chi connectivity index (χ2n) is 5.24. The van der Waals surface area contributed by atoms with Gasteiger partial charge in [0.2, 0.25) is 0 Å². The number of hydrogen-bond donors (Lipinski definition) is 2. The summed E-state index contributed by atoms with van der Waals surface area (Å²) in [5.74, 6) is 0. The van der Waals surface area contributed by atoms with Crippen LogP contribution in [0.2, 0.25) is 0 Å². The fraction of sp³-hybridized carbons (Fsp3) is 0.389. The molecule has 25 heavy (non-hydrogen) atoms. The molecule has 0 spiro atoms. The molecule has 2 rings (SSSR count). The van der Waals surface area contributed by atoms with Gasteiger partial charge in [-0.25, -0.2) is 4.98 Å². The minimum Gasteiger partial charge on any atom is -0.497 e. The number of rotatable bonds is 11. The molecule has 0 atom stereocenters. The van der Waals surface area contributed by atoms with Crippen molar-refractivity contribution in [2.24, 2.45) is 5.73 Å². The van der Waals surface area contributed by atoms with Crippen molar-refractivity contribution in [1.29, 1.82) is 0 Å². The topological polar surface area (TPSA) is 86.8 Å². The zero-order valence-electron chi connectivity index (χ0n) is 14.3. The minimum absolute atomic E-state index is 0.0258. The lowest BCUT2D eigenvalue weighted by Crippen LogP contribution is -2.10. The summed E-state index contributed by atoms with van der Waals surface area (Å²) in [7, 11) is 0. The van der Waals surface area contributed by atoms with Crippen LogP contribution in [0, 0.1) is 6.92 Å². The molecule has 1 heterocycles. The fourth-order valence-corrected chi connectivity index (χ4v) is 2.91. The van der Waals surface area contributed by atoms with Crippen LogP contribution in [0.1, 0.15) is 11.3 Å². The van der Waals surface area contributed by atoms with Crippen LogP contribution in [0.15, 0.2) is 36.0 Å². The van der Waals surface area contributed by atoms with Crippen LogP contribution in [-0.2, 0) is 14.2 Å². The Morgan fingerprint density at radius 1 is 1.12 bits per heavy atom. The van der Waals surface area contributed by atoms with E-state index in [-0.39, 0.29) is 6.61 Å². The molecular weight excluding hydrogens is 340 g/mol. The quantitative estimate of drug-likeness (QED) is 0.470. The number of nitrogens with zero attached hydrogens (tertiary/aromatic N) is 1. The summed E-state index contributed by atoms with van der Waals surface area (Å²) in [6.45, 7) is 4.17. The van der Waals surface area contributed by atoms with Gasteiger partial charge in [-0.3, -0.25) is 0 Å². The Morgan fingerprint density at radius 2 is 1.80 bits per heavy atom. The zero-order valence-corrected chi connectivity index (χ0v) is 15.1. The van der Waals surface area contributed by atoms with Gasteiger partial charge in [-0.1, -0.05) is 24.3 Å². The molecule has 0 aliphatic carbocycles. The third kappa shape index (κ3) is 6.47. The van der Waals surface area contributed by atoms with Gasteiger partial charge in [0.05, 0.1) is 54.8 Å². The maximum absolute atomic E-state index is 8.55. The first-order chi connectivity index (χ1) is 12.2. The number of nitrogens with two attached hydrogens (primary N) is 1. The van der Waals surface area contributed by atoms with Gasteiger partial charge in [0.1, 0.15) is 12.9 Å². The second kappa shape index (κ2) is 10.8. The molecule has 6 nitrogen and oxygen atoms in total. The second-order valence-corrected chi connectivity index (χ2v) is 6.09. The van der Waals surface area contributed by atoms with E-state index in [2.05, 4.69) is 4.98 Å². The molecule has 0 aliphatic rings. The van der Waals surface area contributed by atoms with Crippen molar-refractivity contribution in [3.63, 3.8) is 0 Å². The first-order valence-corrected chi connectivity index (χ1v) is 8.95. The van der Waals surface area contributed by atoms with Crippen LogP contribution < -0.4 is 5.73 Å². The lowest BCUT2D eigenvalue weighted by atomic mass is 10.1. The van der Waals surface area contributed by atoms with Crippen LogP contribution in [0.5, 0.6) is 0 Å². The van der Waals surface area contributed by atoms with Crippen molar-refractivity contribution < 1.29 is 19.3 Å². The molecular formula is C18H24N2O4S. The Morgan fingerprint density at radius 3 is 2.44 bits per heavy atom. The third-order valence-electron chi connectivity index (χ3n) is 3.39. The van der Waals surface area contributed by atoms with Crippen molar-refractivity contribution in [3.05, 3.63) is 47.3 Å². The number of ether oxygens (including phenoxy) is 3. The van der Waals surface area contributed by atoms with E-state index in [1.165, 1.54) is 4.88 Å². The number of aromatic nitrogens is 1. The van der Waals surface area contributed by atoms with E-state index in [9.17, 15) is 0 Å². The van der Waals surface area contributed by atoms with Gasteiger partial charge in [0.15, 0.2) is 0 Å². The van der Waals surface area contributed by atoms with Gasteiger partial charge in [-0.15, -0.1) is 11.3 Å². The Kier molecular flexibility index (Phi) is 8.41. The molecule has 0 unspecified atom stereocenters. The van der Waals surface area contributed by atoms with Crippen molar-refractivity contribution in [2.75, 3.05) is 39.6 Å². The summed E-state index contributed by atoms with van der Waals surface area (Å²) in [5, 5.41) is 8.55. The highest BCUT2D eigenvalue weighted by atomic mass is 32.1. The number of thiazole rings is 1. The van der Waals surface area contributed by atoms with E-state index in [0.29, 0.717) is 38.7 Å². The number of hydrogen-bond acceptors (Lipinski definition) is 7. The highest BCUT2D eigenvalue weighted by molar-refractivity contribution is 7.13. The maximum Gasteiger partial charge on any atom is 0.111 e. The van der Waals surface area contributed by atoms with E-state index in [1.54, 1.807) is 17.6 Å². The van der Waals surface area contributed by atoms with Crippen LogP contribution in [0.25, 0.3) is 16.1 Å². The highest BCUT2D eigenvalue weighted by Crippen LogP contribution is 2.27. The van der Waals surface area contributed by atoms with E-state index < -0.39 is 0 Å². The standard InChI is InChI=1S/C18H24N2O4S/c1-14-18(25-13-20-14)16-4-2-15(3-5-16)17(19)12-24-11-10-23-9-8-22-7-6-21/h2-5,12-13,21H,6-11,19H2,1H3/b17-12-. The number of aryl methyl sites for hydroxylation is 1. The molecule has 1 aromatic heterocycles. The van der Waals surface area contributed by atoms with Crippen LogP contribution in [0.4, 0.5) is 0 Å². The Labute approximate surface area is 151 Å². The van der Waals surface area contributed by atoms with Crippen molar-refractivity contribution in [3.8, 4) is 10.4 Å². The highest BCUT2D eigenvalue weighted by Gasteiger charge is 2.05.